The summed E-state index contributed by atoms with van der Waals surface area (Å²) in [5, 5.41) is 3.78. The minimum absolute atomic E-state index is 0.285. The lowest BCUT2D eigenvalue weighted by atomic mass is 9.81. The number of nitrogens with one attached hydrogen (secondary N) is 1. The van der Waals surface area contributed by atoms with Crippen LogP contribution in [0.5, 0.6) is 0 Å². The van der Waals surface area contributed by atoms with Crippen molar-refractivity contribution in [3.8, 4) is 0 Å². The Labute approximate surface area is 131 Å². The van der Waals surface area contributed by atoms with E-state index in [1.165, 1.54) is 36.8 Å². The molecular weight excluding hydrogens is 254 g/mol. The van der Waals surface area contributed by atoms with E-state index in [1.54, 1.807) is 0 Å². The second kappa shape index (κ2) is 6.96. The monoisotopic (exact) mass is 287 g/mol. The molecule has 1 fully saturated rings. The smallest absolute Gasteiger partial charge is 0.0348 e. The van der Waals surface area contributed by atoms with Crippen LogP contribution >= 0.6 is 0 Å². The van der Waals surface area contributed by atoms with Crippen LogP contribution in [0.4, 0.5) is 0 Å². The Hall–Kier alpha value is -0.820. The fraction of sp³-hybridized carbons (Fsp3) is 0.700. The Morgan fingerprint density at radius 2 is 1.76 bits per heavy atom. The zero-order valence-electron chi connectivity index (χ0n) is 14.6. The third-order valence-electron chi connectivity index (χ3n) is 5.44. The van der Waals surface area contributed by atoms with Crippen molar-refractivity contribution in [3.63, 3.8) is 0 Å². The number of hydrogen-bond donors (Lipinski definition) is 1. The number of rotatable bonds is 8. The van der Waals surface area contributed by atoms with Crippen LogP contribution < -0.4 is 5.32 Å². The van der Waals surface area contributed by atoms with Gasteiger partial charge in [0.25, 0.3) is 0 Å². The normalized spacial score (nSPS) is 18.5. The van der Waals surface area contributed by atoms with Crippen LogP contribution in [0.15, 0.2) is 24.3 Å². The summed E-state index contributed by atoms with van der Waals surface area (Å²) in [5.74, 6) is 1.69. The van der Waals surface area contributed by atoms with Crippen LogP contribution in [-0.4, -0.2) is 6.54 Å². The van der Waals surface area contributed by atoms with Crippen molar-refractivity contribution >= 4 is 0 Å². The fourth-order valence-corrected chi connectivity index (χ4v) is 3.15. The van der Waals surface area contributed by atoms with Crippen molar-refractivity contribution in [2.45, 2.75) is 71.8 Å². The largest absolute Gasteiger partial charge is 0.310 e. The summed E-state index contributed by atoms with van der Waals surface area (Å²) < 4.78 is 0. The maximum absolute atomic E-state index is 3.78. The third kappa shape index (κ3) is 4.10. The molecule has 2 unspecified atom stereocenters. The Balaban J connectivity index is 2.15. The highest BCUT2D eigenvalue weighted by Crippen LogP contribution is 2.42. The van der Waals surface area contributed by atoms with E-state index in [-0.39, 0.29) is 5.41 Å². The third-order valence-corrected chi connectivity index (χ3v) is 5.44. The highest BCUT2D eigenvalue weighted by Gasteiger charge is 2.33. The van der Waals surface area contributed by atoms with Gasteiger partial charge in [0.1, 0.15) is 0 Å². The molecule has 1 saturated carbocycles. The highest BCUT2D eigenvalue weighted by atomic mass is 14.9. The van der Waals surface area contributed by atoms with Gasteiger partial charge in [-0.1, -0.05) is 58.9 Å². The Kier molecular flexibility index (Phi) is 5.48. The van der Waals surface area contributed by atoms with E-state index in [0.717, 1.165) is 18.4 Å². The van der Waals surface area contributed by atoms with Crippen LogP contribution in [0.25, 0.3) is 0 Å². The van der Waals surface area contributed by atoms with Gasteiger partial charge in [0.05, 0.1) is 0 Å². The van der Waals surface area contributed by atoms with Gasteiger partial charge in [-0.3, -0.25) is 0 Å². The lowest BCUT2D eigenvalue weighted by Gasteiger charge is -2.28. The van der Waals surface area contributed by atoms with Crippen LogP contribution in [-0.2, 0) is 5.41 Å². The van der Waals surface area contributed by atoms with Gasteiger partial charge in [0.2, 0.25) is 0 Å². The molecule has 0 spiro atoms. The van der Waals surface area contributed by atoms with Gasteiger partial charge < -0.3 is 5.32 Å². The zero-order valence-corrected chi connectivity index (χ0v) is 14.6. The van der Waals surface area contributed by atoms with E-state index in [9.17, 15) is 0 Å². The van der Waals surface area contributed by atoms with E-state index in [1.807, 2.05) is 0 Å². The zero-order chi connectivity index (χ0) is 15.5. The van der Waals surface area contributed by atoms with Gasteiger partial charge in [-0.25, -0.2) is 0 Å². The molecule has 1 nitrogen and oxygen atoms in total. The average molecular weight is 287 g/mol. The highest BCUT2D eigenvalue weighted by molar-refractivity contribution is 5.30. The molecule has 1 aliphatic carbocycles. The van der Waals surface area contributed by atoms with Gasteiger partial charge in [-0.15, -0.1) is 0 Å². The minimum Gasteiger partial charge on any atom is -0.310 e. The first-order valence-corrected chi connectivity index (χ1v) is 8.83. The maximum atomic E-state index is 3.78. The molecule has 1 aromatic rings. The summed E-state index contributed by atoms with van der Waals surface area (Å²) in [6.45, 7) is 12.7. The Morgan fingerprint density at radius 1 is 1.14 bits per heavy atom. The Bertz CT molecular complexity index is 428. The SMILES string of the molecule is CCCNC(c1ccc(C(C)(C)CC)cc1)C(C)C1CC1. The summed E-state index contributed by atoms with van der Waals surface area (Å²) in [5.41, 5.74) is 3.22. The van der Waals surface area contributed by atoms with Crippen molar-refractivity contribution in [2.24, 2.45) is 11.8 Å². The molecule has 21 heavy (non-hydrogen) atoms. The molecule has 0 amide bonds. The predicted octanol–water partition coefficient (Wildman–Crippen LogP) is 5.46. The fourth-order valence-electron chi connectivity index (χ4n) is 3.15. The van der Waals surface area contributed by atoms with Gasteiger partial charge in [-0.05, 0) is 60.6 Å². The molecule has 1 N–H and O–H groups in total. The van der Waals surface area contributed by atoms with Crippen LogP contribution in [0.3, 0.4) is 0 Å². The minimum atomic E-state index is 0.285. The topological polar surface area (TPSA) is 12.0 Å². The second-order valence-corrected chi connectivity index (χ2v) is 7.49. The number of benzene rings is 1. The van der Waals surface area contributed by atoms with E-state index < -0.39 is 0 Å². The second-order valence-electron chi connectivity index (χ2n) is 7.49. The summed E-state index contributed by atoms with van der Waals surface area (Å²) >= 11 is 0. The molecule has 0 radical (unpaired) electrons. The van der Waals surface area contributed by atoms with E-state index >= 15 is 0 Å². The van der Waals surface area contributed by atoms with E-state index in [4.69, 9.17) is 0 Å². The first-order chi connectivity index (χ1) is 9.99. The standard InChI is InChI=1S/C20H33N/c1-6-14-21-19(15(3)16-8-9-16)17-10-12-18(13-11-17)20(4,5)7-2/h10-13,15-16,19,21H,6-9,14H2,1-5H3. The molecule has 118 valence electrons. The molecule has 1 aromatic carbocycles. The van der Waals surface area contributed by atoms with Crippen LogP contribution in [0, 0.1) is 11.8 Å². The van der Waals surface area contributed by atoms with Gasteiger partial charge in [-0.2, -0.15) is 0 Å². The average Bonchev–Trinajstić information content (AvgIpc) is 3.32. The quantitative estimate of drug-likeness (QED) is 0.669. The summed E-state index contributed by atoms with van der Waals surface area (Å²) in [4.78, 5) is 0. The van der Waals surface area contributed by atoms with Crippen molar-refractivity contribution in [1.82, 2.24) is 5.32 Å². The molecule has 0 heterocycles. The predicted molar refractivity (Wildman–Crippen MR) is 92.7 cm³/mol. The summed E-state index contributed by atoms with van der Waals surface area (Å²) in [6, 6.07) is 9.94. The first-order valence-electron chi connectivity index (χ1n) is 8.83. The van der Waals surface area contributed by atoms with E-state index in [2.05, 4.69) is 64.2 Å². The first kappa shape index (κ1) is 16.5. The van der Waals surface area contributed by atoms with Crippen molar-refractivity contribution in [1.29, 1.82) is 0 Å². The van der Waals surface area contributed by atoms with Crippen LogP contribution in [0.1, 0.15) is 77.5 Å². The molecular formula is C20H33N. The maximum Gasteiger partial charge on any atom is 0.0348 e. The lowest BCUT2D eigenvalue weighted by molar-refractivity contribution is 0.349. The molecule has 0 saturated heterocycles. The van der Waals surface area contributed by atoms with Gasteiger partial charge >= 0.3 is 0 Å². The van der Waals surface area contributed by atoms with Crippen LogP contribution in [0.2, 0.25) is 0 Å². The van der Waals surface area contributed by atoms with Crippen molar-refractivity contribution < 1.29 is 0 Å². The van der Waals surface area contributed by atoms with E-state index in [0.29, 0.717) is 6.04 Å². The van der Waals surface area contributed by atoms with Gasteiger partial charge in [0.15, 0.2) is 0 Å². The molecule has 0 aliphatic heterocycles. The summed E-state index contributed by atoms with van der Waals surface area (Å²) in [6.07, 6.45) is 5.23. The van der Waals surface area contributed by atoms with Crippen molar-refractivity contribution in [2.75, 3.05) is 6.54 Å². The number of hydrogen-bond acceptors (Lipinski definition) is 1. The summed E-state index contributed by atoms with van der Waals surface area (Å²) in [7, 11) is 0. The molecule has 0 aromatic heterocycles. The molecule has 2 rings (SSSR count). The molecule has 1 heteroatoms. The molecule has 0 bridgehead atoms. The molecule has 2 atom stereocenters. The van der Waals surface area contributed by atoms with Crippen molar-refractivity contribution in [3.05, 3.63) is 35.4 Å². The lowest BCUT2D eigenvalue weighted by Crippen LogP contribution is -2.29. The van der Waals surface area contributed by atoms with Gasteiger partial charge in [0, 0.05) is 6.04 Å². The Morgan fingerprint density at radius 3 is 2.24 bits per heavy atom. The molecule has 1 aliphatic rings.